The summed E-state index contributed by atoms with van der Waals surface area (Å²) in [5.41, 5.74) is 2.67. The number of morpholine rings is 1. The highest BCUT2D eigenvalue weighted by atomic mass is 16.5. The van der Waals surface area contributed by atoms with Crippen molar-refractivity contribution in [3.05, 3.63) is 30.2 Å². The van der Waals surface area contributed by atoms with Crippen molar-refractivity contribution in [3.8, 4) is 0 Å². The fourth-order valence-corrected chi connectivity index (χ4v) is 4.06. The maximum absolute atomic E-state index is 5.56. The Morgan fingerprint density at radius 1 is 1.28 bits per heavy atom. The summed E-state index contributed by atoms with van der Waals surface area (Å²) in [6.45, 7) is 11.5. The average Bonchev–Trinajstić information content (AvgIpc) is 3.42. The van der Waals surface area contributed by atoms with E-state index in [0.29, 0.717) is 36.9 Å². The van der Waals surface area contributed by atoms with Crippen molar-refractivity contribution in [3.63, 3.8) is 0 Å². The Bertz CT molecular complexity index is 1050. The number of fused-ring (bicyclic) bond motifs is 1. The molecule has 0 bridgehead atoms. The molecule has 1 saturated heterocycles. The van der Waals surface area contributed by atoms with Crippen LogP contribution >= 0.6 is 0 Å². The van der Waals surface area contributed by atoms with Crippen LogP contribution in [-0.2, 0) is 4.74 Å². The van der Waals surface area contributed by atoms with Crippen LogP contribution in [-0.4, -0.2) is 56.0 Å². The van der Waals surface area contributed by atoms with Crippen LogP contribution in [0.5, 0.6) is 0 Å². The second kappa shape index (κ2) is 10.1. The summed E-state index contributed by atoms with van der Waals surface area (Å²) in [7, 11) is 0. The van der Waals surface area contributed by atoms with Crippen molar-refractivity contribution in [1.82, 2.24) is 29.7 Å². The maximum Gasteiger partial charge on any atom is 0.232 e. The number of allylic oxidation sites excluding steroid dienone is 2. The van der Waals surface area contributed by atoms with Gasteiger partial charge in [0, 0.05) is 30.9 Å². The molecular weight excluding hydrogens is 404 g/mol. The largest absolute Gasteiger partial charge is 0.378 e. The van der Waals surface area contributed by atoms with Gasteiger partial charge in [-0.3, -0.25) is 5.10 Å². The molecule has 9 heteroatoms. The number of hydrogen-bond acceptors (Lipinski definition) is 7. The van der Waals surface area contributed by atoms with E-state index < -0.39 is 0 Å². The molecule has 0 amide bonds. The summed E-state index contributed by atoms with van der Waals surface area (Å²) in [5, 5.41) is 10.5. The first-order chi connectivity index (χ1) is 15.6. The third-order valence-electron chi connectivity index (χ3n) is 6.07. The zero-order valence-electron chi connectivity index (χ0n) is 19.5. The Kier molecular flexibility index (Phi) is 7.04. The minimum absolute atomic E-state index is 0.291. The van der Waals surface area contributed by atoms with Gasteiger partial charge in [0.25, 0.3) is 0 Å². The van der Waals surface area contributed by atoms with Crippen LogP contribution in [0, 0.1) is 12.8 Å². The van der Waals surface area contributed by atoms with Crippen LogP contribution < -0.4 is 10.2 Å². The topological polar surface area (TPSA) is 96.8 Å². The molecular formula is C23H34N8O. The molecule has 4 rings (SSSR count). The van der Waals surface area contributed by atoms with E-state index in [1.807, 2.05) is 19.3 Å². The van der Waals surface area contributed by atoms with Gasteiger partial charge in [-0.1, -0.05) is 32.4 Å². The first-order valence-corrected chi connectivity index (χ1v) is 11.6. The Morgan fingerprint density at radius 3 is 2.78 bits per heavy atom. The molecule has 1 aliphatic rings. The van der Waals surface area contributed by atoms with Crippen LogP contribution in [0.1, 0.15) is 51.8 Å². The summed E-state index contributed by atoms with van der Waals surface area (Å²) in [4.78, 5) is 16.8. The number of hydrogen-bond donors (Lipinski definition) is 2. The SMILES string of the molecule is C/C=C\CC(C[C@@H](C)CC)n1cnc2c(N3CCOCC3)nc(Nc3cc(C)[nH]n3)nc21. The fourth-order valence-electron chi connectivity index (χ4n) is 4.06. The Labute approximate surface area is 189 Å². The molecule has 0 saturated carbocycles. The van der Waals surface area contributed by atoms with Crippen molar-refractivity contribution in [1.29, 1.82) is 0 Å². The van der Waals surface area contributed by atoms with Gasteiger partial charge in [0.1, 0.15) is 0 Å². The van der Waals surface area contributed by atoms with Crippen LogP contribution in [0.15, 0.2) is 24.5 Å². The number of aromatic nitrogens is 6. The Hall–Kier alpha value is -2.94. The standard InChI is InChI=1S/C23H34N8O/c1-5-7-8-18(13-16(3)6-2)31-15-24-20-21(30-9-11-32-12-10-30)26-23(27-22(20)31)25-19-14-17(4)28-29-19/h5,7,14-16,18H,6,8-13H2,1-4H3,(H2,25,26,27,28,29)/b7-5-/t16-,18?/m0/s1. The van der Waals surface area contributed by atoms with Gasteiger partial charge < -0.3 is 19.5 Å². The van der Waals surface area contributed by atoms with Crippen LogP contribution in [0.3, 0.4) is 0 Å². The monoisotopic (exact) mass is 438 g/mol. The Balaban J connectivity index is 1.78. The molecule has 1 fully saturated rings. The summed E-state index contributed by atoms with van der Waals surface area (Å²) in [5.74, 6) is 2.69. The van der Waals surface area contributed by atoms with Crippen LogP contribution in [0.2, 0.25) is 0 Å². The molecule has 0 spiro atoms. The van der Waals surface area contributed by atoms with Gasteiger partial charge in [0.2, 0.25) is 5.95 Å². The molecule has 1 aliphatic heterocycles. The van der Waals surface area contributed by atoms with Gasteiger partial charge in [-0.05, 0) is 32.6 Å². The molecule has 9 nitrogen and oxygen atoms in total. The summed E-state index contributed by atoms with van der Waals surface area (Å²) < 4.78 is 7.79. The van der Waals surface area contributed by atoms with E-state index in [1.165, 1.54) is 0 Å². The van der Waals surface area contributed by atoms with E-state index in [4.69, 9.17) is 19.7 Å². The molecule has 3 aromatic heterocycles. The van der Waals surface area contributed by atoms with Gasteiger partial charge in [-0.25, -0.2) is 4.98 Å². The summed E-state index contributed by atoms with van der Waals surface area (Å²) in [6, 6.07) is 2.23. The van der Waals surface area contributed by atoms with Crippen molar-refractivity contribution in [2.75, 3.05) is 36.5 Å². The number of ether oxygens (including phenoxy) is 1. The zero-order valence-corrected chi connectivity index (χ0v) is 19.5. The lowest BCUT2D eigenvalue weighted by atomic mass is 9.97. The highest BCUT2D eigenvalue weighted by molar-refractivity contribution is 5.85. The first kappa shape index (κ1) is 22.3. The van der Waals surface area contributed by atoms with Gasteiger partial charge in [0.15, 0.2) is 22.8 Å². The molecule has 4 heterocycles. The number of anilines is 3. The highest BCUT2D eigenvalue weighted by Crippen LogP contribution is 2.31. The molecule has 32 heavy (non-hydrogen) atoms. The van der Waals surface area contributed by atoms with Crippen molar-refractivity contribution >= 4 is 28.7 Å². The predicted octanol–water partition coefficient (Wildman–Crippen LogP) is 4.38. The van der Waals surface area contributed by atoms with Crippen LogP contribution in [0.4, 0.5) is 17.6 Å². The molecule has 3 aromatic rings. The van der Waals surface area contributed by atoms with Crippen molar-refractivity contribution in [2.45, 2.75) is 53.0 Å². The van der Waals surface area contributed by atoms with Crippen molar-refractivity contribution < 1.29 is 4.74 Å². The van der Waals surface area contributed by atoms with E-state index >= 15 is 0 Å². The molecule has 1 unspecified atom stereocenters. The molecule has 0 aliphatic carbocycles. The lowest BCUT2D eigenvalue weighted by Crippen LogP contribution is -2.37. The Morgan fingerprint density at radius 2 is 2.09 bits per heavy atom. The van der Waals surface area contributed by atoms with E-state index in [-0.39, 0.29) is 0 Å². The number of H-pyrrole nitrogens is 1. The molecule has 2 N–H and O–H groups in total. The number of aryl methyl sites for hydroxylation is 1. The van der Waals surface area contributed by atoms with Gasteiger partial charge in [0.05, 0.1) is 19.5 Å². The first-order valence-electron chi connectivity index (χ1n) is 11.6. The highest BCUT2D eigenvalue weighted by Gasteiger charge is 2.23. The quantitative estimate of drug-likeness (QED) is 0.479. The number of rotatable bonds is 9. The number of aromatic amines is 1. The average molecular weight is 439 g/mol. The minimum Gasteiger partial charge on any atom is -0.378 e. The smallest absolute Gasteiger partial charge is 0.232 e. The third-order valence-corrected chi connectivity index (χ3v) is 6.07. The van der Waals surface area contributed by atoms with Crippen molar-refractivity contribution in [2.24, 2.45) is 5.92 Å². The van der Waals surface area contributed by atoms with Gasteiger partial charge in [-0.2, -0.15) is 15.1 Å². The van der Waals surface area contributed by atoms with Gasteiger partial charge in [-0.15, -0.1) is 0 Å². The predicted molar refractivity (Wildman–Crippen MR) is 128 cm³/mol. The lowest BCUT2D eigenvalue weighted by molar-refractivity contribution is 0.122. The summed E-state index contributed by atoms with van der Waals surface area (Å²) >= 11 is 0. The lowest BCUT2D eigenvalue weighted by Gasteiger charge is -2.28. The van der Waals surface area contributed by atoms with E-state index in [9.17, 15) is 0 Å². The number of nitrogens with one attached hydrogen (secondary N) is 2. The second-order valence-electron chi connectivity index (χ2n) is 8.56. The molecule has 0 radical (unpaired) electrons. The maximum atomic E-state index is 5.56. The number of imidazole rings is 1. The molecule has 172 valence electrons. The molecule has 0 aromatic carbocycles. The van der Waals surface area contributed by atoms with E-state index in [1.54, 1.807) is 0 Å². The minimum atomic E-state index is 0.291. The second-order valence-corrected chi connectivity index (χ2v) is 8.56. The normalized spacial score (nSPS) is 16.7. The van der Waals surface area contributed by atoms with Gasteiger partial charge >= 0.3 is 0 Å². The molecule has 2 atom stereocenters. The third kappa shape index (κ3) is 4.93. The van der Waals surface area contributed by atoms with Crippen LogP contribution in [0.25, 0.3) is 11.2 Å². The summed E-state index contributed by atoms with van der Waals surface area (Å²) in [6.07, 6.45) is 9.45. The zero-order chi connectivity index (χ0) is 22.5. The van der Waals surface area contributed by atoms with E-state index in [2.05, 4.69) is 57.9 Å². The number of nitrogens with zero attached hydrogens (tertiary/aromatic N) is 6. The van der Waals surface area contributed by atoms with E-state index in [0.717, 1.165) is 55.0 Å². The fraction of sp³-hybridized carbons (Fsp3) is 0.565.